The molecule has 0 aliphatic carbocycles. The van der Waals surface area contributed by atoms with Gasteiger partial charge < -0.3 is 15.1 Å². The molecule has 0 spiro atoms. The first-order valence-corrected chi connectivity index (χ1v) is 5.64. The number of nitrogens with zero attached hydrogens (tertiary/aromatic N) is 2. The summed E-state index contributed by atoms with van der Waals surface area (Å²) in [7, 11) is 0. The SMILES string of the molecule is CCCN(CCN)c1nccc2occc12. The summed E-state index contributed by atoms with van der Waals surface area (Å²) >= 11 is 0. The molecule has 2 heterocycles. The molecule has 86 valence electrons. The van der Waals surface area contributed by atoms with E-state index in [0.29, 0.717) is 6.54 Å². The first-order valence-electron chi connectivity index (χ1n) is 5.64. The molecule has 0 saturated heterocycles. The second-order valence-corrected chi connectivity index (χ2v) is 3.74. The van der Waals surface area contributed by atoms with E-state index in [4.69, 9.17) is 10.2 Å². The zero-order valence-electron chi connectivity index (χ0n) is 9.52. The molecule has 4 heteroatoms. The first-order chi connectivity index (χ1) is 7.86. The summed E-state index contributed by atoms with van der Waals surface area (Å²) in [5.74, 6) is 0.971. The maximum atomic E-state index is 5.62. The Morgan fingerprint density at radius 3 is 3.00 bits per heavy atom. The van der Waals surface area contributed by atoms with Crippen molar-refractivity contribution in [1.82, 2.24) is 4.98 Å². The highest BCUT2D eigenvalue weighted by Gasteiger charge is 2.11. The average Bonchev–Trinajstić information content (AvgIpc) is 2.76. The fourth-order valence-electron chi connectivity index (χ4n) is 1.88. The van der Waals surface area contributed by atoms with Gasteiger partial charge in [0.25, 0.3) is 0 Å². The number of anilines is 1. The van der Waals surface area contributed by atoms with Crippen molar-refractivity contribution in [2.24, 2.45) is 5.73 Å². The molecular formula is C12H17N3O. The highest BCUT2D eigenvalue weighted by molar-refractivity contribution is 5.88. The number of pyridine rings is 1. The van der Waals surface area contributed by atoms with Gasteiger partial charge in [-0.05, 0) is 18.6 Å². The summed E-state index contributed by atoms with van der Waals surface area (Å²) in [5.41, 5.74) is 6.50. The van der Waals surface area contributed by atoms with Crippen LogP contribution >= 0.6 is 0 Å². The average molecular weight is 219 g/mol. The summed E-state index contributed by atoms with van der Waals surface area (Å²) in [5, 5.41) is 1.06. The maximum Gasteiger partial charge on any atom is 0.139 e. The Morgan fingerprint density at radius 1 is 1.38 bits per heavy atom. The zero-order valence-corrected chi connectivity index (χ0v) is 9.52. The first kappa shape index (κ1) is 11.0. The minimum absolute atomic E-state index is 0.635. The van der Waals surface area contributed by atoms with Crippen LogP contribution in [0.4, 0.5) is 5.82 Å². The molecule has 0 aliphatic heterocycles. The molecule has 2 N–H and O–H groups in total. The standard InChI is InChI=1S/C12H17N3O/c1-2-7-15(8-5-13)12-10-4-9-16-11(10)3-6-14-12/h3-4,6,9H,2,5,7-8,13H2,1H3. The van der Waals surface area contributed by atoms with Gasteiger partial charge in [-0.25, -0.2) is 4.98 Å². The number of rotatable bonds is 5. The van der Waals surface area contributed by atoms with Gasteiger partial charge in [-0.3, -0.25) is 0 Å². The van der Waals surface area contributed by atoms with Gasteiger partial charge in [0.1, 0.15) is 11.4 Å². The lowest BCUT2D eigenvalue weighted by Gasteiger charge is -2.22. The number of nitrogens with two attached hydrogens (primary N) is 1. The predicted molar refractivity (Wildman–Crippen MR) is 65.6 cm³/mol. The molecule has 0 aliphatic rings. The van der Waals surface area contributed by atoms with E-state index in [2.05, 4.69) is 16.8 Å². The fourth-order valence-corrected chi connectivity index (χ4v) is 1.88. The summed E-state index contributed by atoms with van der Waals surface area (Å²) in [6.45, 7) is 4.58. The van der Waals surface area contributed by atoms with Crippen molar-refractivity contribution in [3.63, 3.8) is 0 Å². The van der Waals surface area contributed by atoms with E-state index in [1.54, 1.807) is 12.5 Å². The van der Waals surface area contributed by atoms with E-state index < -0.39 is 0 Å². The van der Waals surface area contributed by atoms with Crippen LogP contribution in [0.3, 0.4) is 0 Å². The number of aromatic nitrogens is 1. The molecule has 2 aromatic rings. The minimum atomic E-state index is 0.635. The van der Waals surface area contributed by atoms with Gasteiger partial charge in [-0.2, -0.15) is 0 Å². The van der Waals surface area contributed by atoms with Gasteiger partial charge in [0.15, 0.2) is 0 Å². The van der Waals surface area contributed by atoms with E-state index in [-0.39, 0.29) is 0 Å². The third-order valence-corrected chi connectivity index (χ3v) is 2.55. The highest BCUT2D eigenvalue weighted by Crippen LogP contribution is 2.24. The summed E-state index contributed by atoms with van der Waals surface area (Å²) < 4.78 is 5.37. The summed E-state index contributed by atoms with van der Waals surface area (Å²) in [4.78, 5) is 6.63. The van der Waals surface area contributed by atoms with Crippen LogP contribution in [0, 0.1) is 0 Å². The van der Waals surface area contributed by atoms with Gasteiger partial charge in [-0.15, -0.1) is 0 Å². The van der Waals surface area contributed by atoms with Gasteiger partial charge in [-0.1, -0.05) is 6.92 Å². The molecule has 0 amide bonds. The molecule has 0 aromatic carbocycles. The molecule has 0 saturated carbocycles. The maximum absolute atomic E-state index is 5.62. The molecule has 0 unspecified atom stereocenters. The number of hydrogen-bond donors (Lipinski definition) is 1. The van der Waals surface area contributed by atoms with Crippen LogP contribution in [0.15, 0.2) is 29.0 Å². The van der Waals surface area contributed by atoms with Crippen molar-refractivity contribution < 1.29 is 4.42 Å². The number of fused-ring (bicyclic) bond motifs is 1. The second kappa shape index (κ2) is 4.99. The quantitative estimate of drug-likeness (QED) is 0.835. The van der Waals surface area contributed by atoms with Gasteiger partial charge in [0.05, 0.1) is 11.6 Å². The fraction of sp³-hybridized carbons (Fsp3) is 0.417. The Bertz CT molecular complexity index is 446. The molecule has 16 heavy (non-hydrogen) atoms. The van der Waals surface area contributed by atoms with Crippen molar-refractivity contribution in [1.29, 1.82) is 0 Å². The Hall–Kier alpha value is -1.55. The summed E-state index contributed by atoms with van der Waals surface area (Å²) in [6.07, 6.45) is 4.55. The van der Waals surface area contributed by atoms with Crippen molar-refractivity contribution in [3.05, 3.63) is 24.6 Å². The van der Waals surface area contributed by atoms with E-state index in [0.717, 1.165) is 36.3 Å². The Morgan fingerprint density at radius 2 is 2.25 bits per heavy atom. The Kier molecular flexibility index (Phi) is 3.41. The normalized spacial score (nSPS) is 10.9. The predicted octanol–water partition coefficient (Wildman–Crippen LogP) is 2.00. The van der Waals surface area contributed by atoms with Crippen LogP contribution in [0.1, 0.15) is 13.3 Å². The monoisotopic (exact) mass is 219 g/mol. The lowest BCUT2D eigenvalue weighted by Crippen LogP contribution is -2.30. The van der Waals surface area contributed by atoms with E-state index in [1.165, 1.54) is 0 Å². The third-order valence-electron chi connectivity index (χ3n) is 2.55. The van der Waals surface area contributed by atoms with Crippen molar-refractivity contribution in [2.45, 2.75) is 13.3 Å². The van der Waals surface area contributed by atoms with Crippen LogP contribution in [0.2, 0.25) is 0 Å². The van der Waals surface area contributed by atoms with E-state index in [9.17, 15) is 0 Å². The highest BCUT2D eigenvalue weighted by atomic mass is 16.3. The number of hydrogen-bond acceptors (Lipinski definition) is 4. The molecule has 0 bridgehead atoms. The minimum Gasteiger partial charge on any atom is -0.464 e. The van der Waals surface area contributed by atoms with Crippen LogP contribution < -0.4 is 10.6 Å². The van der Waals surface area contributed by atoms with E-state index in [1.807, 2.05) is 12.1 Å². The van der Waals surface area contributed by atoms with Crippen LogP contribution in [-0.2, 0) is 0 Å². The zero-order chi connectivity index (χ0) is 11.4. The van der Waals surface area contributed by atoms with E-state index >= 15 is 0 Å². The van der Waals surface area contributed by atoms with Crippen LogP contribution in [0.5, 0.6) is 0 Å². The Balaban J connectivity index is 2.38. The smallest absolute Gasteiger partial charge is 0.139 e. The second-order valence-electron chi connectivity index (χ2n) is 3.74. The van der Waals surface area contributed by atoms with Crippen molar-refractivity contribution >= 4 is 16.8 Å². The van der Waals surface area contributed by atoms with Gasteiger partial charge in [0, 0.05) is 25.8 Å². The third kappa shape index (κ3) is 2.02. The van der Waals surface area contributed by atoms with Gasteiger partial charge in [0.2, 0.25) is 0 Å². The lowest BCUT2D eigenvalue weighted by molar-refractivity contribution is 0.615. The number of furan rings is 1. The molecule has 0 radical (unpaired) electrons. The molecule has 2 rings (SSSR count). The Labute approximate surface area is 95.1 Å². The lowest BCUT2D eigenvalue weighted by atomic mass is 10.2. The van der Waals surface area contributed by atoms with Crippen LogP contribution in [-0.4, -0.2) is 24.6 Å². The molecule has 4 nitrogen and oxygen atoms in total. The summed E-state index contributed by atoms with van der Waals surface area (Å²) in [6, 6.07) is 3.84. The van der Waals surface area contributed by atoms with Crippen molar-refractivity contribution in [2.75, 3.05) is 24.5 Å². The molecule has 0 fully saturated rings. The molecule has 2 aromatic heterocycles. The van der Waals surface area contributed by atoms with Crippen molar-refractivity contribution in [3.8, 4) is 0 Å². The molecular weight excluding hydrogens is 202 g/mol. The largest absolute Gasteiger partial charge is 0.464 e. The van der Waals surface area contributed by atoms with Crippen LogP contribution in [0.25, 0.3) is 11.0 Å². The van der Waals surface area contributed by atoms with Gasteiger partial charge >= 0.3 is 0 Å². The molecule has 0 atom stereocenters. The topological polar surface area (TPSA) is 55.3 Å².